The van der Waals surface area contributed by atoms with Crippen molar-refractivity contribution in [3.63, 3.8) is 0 Å². The fourth-order valence-electron chi connectivity index (χ4n) is 1.20. The highest BCUT2D eigenvalue weighted by Gasteiger charge is 2.12. The van der Waals surface area contributed by atoms with Gasteiger partial charge in [-0.2, -0.15) is 5.26 Å². The van der Waals surface area contributed by atoms with Gasteiger partial charge in [-0.15, -0.1) is 0 Å². The van der Waals surface area contributed by atoms with E-state index in [1.54, 1.807) is 12.1 Å². The molecule has 0 aliphatic rings. The van der Waals surface area contributed by atoms with Crippen molar-refractivity contribution in [2.75, 3.05) is 11.9 Å². The molecule has 0 atom stereocenters. The SMILES string of the molecule is CC(C)N(C)c1cccc(F)c1C#N. The van der Waals surface area contributed by atoms with Crippen molar-refractivity contribution < 1.29 is 4.39 Å². The summed E-state index contributed by atoms with van der Waals surface area (Å²) in [7, 11) is 1.85. The van der Waals surface area contributed by atoms with Crippen LogP contribution in [-0.2, 0) is 0 Å². The summed E-state index contributed by atoms with van der Waals surface area (Å²) in [6, 6.07) is 6.79. The van der Waals surface area contributed by atoms with Crippen molar-refractivity contribution in [2.24, 2.45) is 0 Å². The Hall–Kier alpha value is -1.56. The van der Waals surface area contributed by atoms with Gasteiger partial charge in [0.1, 0.15) is 17.4 Å². The third-order valence-electron chi connectivity index (χ3n) is 2.26. The van der Waals surface area contributed by atoms with Gasteiger partial charge in [-0.05, 0) is 26.0 Å². The first-order valence-electron chi connectivity index (χ1n) is 4.49. The number of nitriles is 1. The Balaban J connectivity index is 3.22. The van der Waals surface area contributed by atoms with E-state index in [0.29, 0.717) is 5.69 Å². The Morgan fingerprint density at radius 2 is 2.07 bits per heavy atom. The number of nitrogens with zero attached hydrogens (tertiary/aromatic N) is 2. The lowest BCUT2D eigenvalue weighted by Crippen LogP contribution is -2.26. The van der Waals surface area contributed by atoms with Gasteiger partial charge < -0.3 is 4.90 Å². The molecule has 0 N–H and O–H groups in total. The highest BCUT2D eigenvalue weighted by molar-refractivity contribution is 5.59. The molecule has 0 saturated carbocycles. The van der Waals surface area contributed by atoms with E-state index in [1.165, 1.54) is 6.07 Å². The van der Waals surface area contributed by atoms with Crippen LogP contribution in [0.15, 0.2) is 18.2 Å². The lowest BCUT2D eigenvalue weighted by atomic mass is 10.1. The maximum atomic E-state index is 13.2. The first-order chi connectivity index (χ1) is 6.57. The molecule has 0 radical (unpaired) electrons. The first-order valence-corrected chi connectivity index (χ1v) is 4.49. The van der Waals surface area contributed by atoms with Crippen molar-refractivity contribution in [3.05, 3.63) is 29.6 Å². The molecule has 0 unspecified atom stereocenters. The monoisotopic (exact) mass is 192 g/mol. The van der Waals surface area contributed by atoms with Gasteiger partial charge in [0, 0.05) is 13.1 Å². The van der Waals surface area contributed by atoms with Gasteiger partial charge in [0.2, 0.25) is 0 Å². The minimum atomic E-state index is -0.461. The van der Waals surface area contributed by atoms with E-state index >= 15 is 0 Å². The van der Waals surface area contributed by atoms with Gasteiger partial charge >= 0.3 is 0 Å². The Morgan fingerprint density at radius 3 is 2.57 bits per heavy atom. The van der Waals surface area contributed by atoms with Crippen LogP contribution in [-0.4, -0.2) is 13.1 Å². The third-order valence-corrected chi connectivity index (χ3v) is 2.26. The molecule has 1 aromatic rings. The van der Waals surface area contributed by atoms with Crippen LogP contribution < -0.4 is 4.90 Å². The number of benzene rings is 1. The highest BCUT2D eigenvalue weighted by Crippen LogP contribution is 2.22. The Labute approximate surface area is 83.6 Å². The molecule has 0 amide bonds. The minimum absolute atomic E-state index is 0.115. The number of anilines is 1. The van der Waals surface area contributed by atoms with Crippen LogP contribution in [0.25, 0.3) is 0 Å². The summed E-state index contributed by atoms with van der Waals surface area (Å²) < 4.78 is 13.2. The number of hydrogen-bond donors (Lipinski definition) is 0. The number of halogens is 1. The molecule has 74 valence electrons. The summed E-state index contributed by atoms with van der Waals surface area (Å²) >= 11 is 0. The normalized spacial score (nSPS) is 10.0. The van der Waals surface area contributed by atoms with E-state index in [-0.39, 0.29) is 11.6 Å². The number of hydrogen-bond acceptors (Lipinski definition) is 2. The second-order valence-corrected chi connectivity index (χ2v) is 3.45. The van der Waals surface area contributed by atoms with Crippen LogP contribution in [0, 0.1) is 17.1 Å². The summed E-state index contributed by atoms with van der Waals surface area (Å²) in [4.78, 5) is 1.88. The van der Waals surface area contributed by atoms with Crippen LogP contribution >= 0.6 is 0 Å². The second-order valence-electron chi connectivity index (χ2n) is 3.45. The summed E-state index contributed by atoms with van der Waals surface area (Å²) in [5.41, 5.74) is 0.756. The topological polar surface area (TPSA) is 27.0 Å². The molecule has 0 saturated heterocycles. The van der Waals surface area contributed by atoms with Crippen LogP contribution in [0.4, 0.5) is 10.1 Å². The Morgan fingerprint density at radius 1 is 1.43 bits per heavy atom. The molecule has 0 aromatic heterocycles. The molecule has 0 spiro atoms. The van der Waals surface area contributed by atoms with Crippen molar-refractivity contribution in [1.29, 1.82) is 5.26 Å². The molecule has 0 heterocycles. The predicted octanol–water partition coefficient (Wildman–Crippen LogP) is 2.54. The summed E-state index contributed by atoms with van der Waals surface area (Å²) in [5, 5.41) is 8.81. The molecular formula is C11H13FN2. The fourth-order valence-corrected chi connectivity index (χ4v) is 1.20. The van der Waals surface area contributed by atoms with Gasteiger partial charge in [0.25, 0.3) is 0 Å². The molecule has 0 fully saturated rings. The molecule has 14 heavy (non-hydrogen) atoms. The van der Waals surface area contributed by atoms with E-state index in [2.05, 4.69) is 0 Å². The average molecular weight is 192 g/mol. The molecule has 3 heteroatoms. The van der Waals surface area contributed by atoms with Gasteiger partial charge in [-0.3, -0.25) is 0 Å². The first kappa shape index (κ1) is 10.5. The maximum Gasteiger partial charge on any atom is 0.143 e. The van der Waals surface area contributed by atoms with Crippen LogP contribution in [0.5, 0.6) is 0 Å². The fraction of sp³-hybridized carbons (Fsp3) is 0.364. The van der Waals surface area contributed by atoms with Crippen molar-refractivity contribution in [2.45, 2.75) is 19.9 Å². The summed E-state index contributed by atoms with van der Waals surface area (Å²) in [5.74, 6) is -0.461. The quantitative estimate of drug-likeness (QED) is 0.720. The average Bonchev–Trinajstić information content (AvgIpc) is 2.16. The van der Waals surface area contributed by atoms with Gasteiger partial charge in [-0.25, -0.2) is 4.39 Å². The molecule has 0 bridgehead atoms. The molecule has 0 aliphatic carbocycles. The van der Waals surface area contributed by atoms with Crippen molar-refractivity contribution in [1.82, 2.24) is 0 Å². The predicted molar refractivity (Wildman–Crippen MR) is 54.7 cm³/mol. The minimum Gasteiger partial charge on any atom is -0.371 e. The van der Waals surface area contributed by atoms with Crippen LogP contribution in [0.2, 0.25) is 0 Å². The summed E-state index contributed by atoms with van der Waals surface area (Å²) in [6.07, 6.45) is 0. The standard InChI is InChI=1S/C11H13FN2/c1-8(2)14(3)11-6-4-5-10(12)9(11)7-13/h4-6,8H,1-3H3. The van der Waals surface area contributed by atoms with Gasteiger partial charge in [-0.1, -0.05) is 6.07 Å². The molecule has 1 rings (SSSR count). The zero-order chi connectivity index (χ0) is 10.7. The molecule has 1 aromatic carbocycles. The van der Waals surface area contributed by atoms with E-state index in [4.69, 9.17) is 5.26 Å². The van der Waals surface area contributed by atoms with Crippen molar-refractivity contribution in [3.8, 4) is 6.07 Å². The molecular weight excluding hydrogens is 179 g/mol. The van der Waals surface area contributed by atoms with E-state index < -0.39 is 5.82 Å². The van der Waals surface area contributed by atoms with Crippen molar-refractivity contribution >= 4 is 5.69 Å². The second kappa shape index (κ2) is 4.10. The smallest absolute Gasteiger partial charge is 0.143 e. The van der Waals surface area contributed by atoms with Crippen LogP contribution in [0.1, 0.15) is 19.4 Å². The number of rotatable bonds is 2. The van der Waals surface area contributed by atoms with E-state index in [1.807, 2.05) is 31.9 Å². The third kappa shape index (κ3) is 1.85. The maximum absolute atomic E-state index is 13.2. The Bertz CT molecular complexity index is 366. The van der Waals surface area contributed by atoms with E-state index in [9.17, 15) is 4.39 Å². The largest absolute Gasteiger partial charge is 0.371 e. The highest BCUT2D eigenvalue weighted by atomic mass is 19.1. The Kier molecular flexibility index (Phi) is 3.08. The molecule has 0 aliphatic heterocycles. The molecule has 2 nitrogen and oxygen atoms in total. The summed E-state index contributed by atoms with van der Waals surface area (Å²) in [6.45, 7) is 3.98. The zero-order valence-electron chi connectivity index (χ0n) is 8.58. The zero-order valence-corrected chi connectivity index (χ0v) is 8.58. The van der Waals surface area contributed by atoms with E-state index in [0.717, 1.165) is 0 Å². The van der Waals surface area contributed by atoms with Gasteiger partial charge in [0.05, 0.1) is 5.69 Å². The lowest BCUT2D eigenvalue weighted by Gasteiger charge is -2.24. The van der Waals surface area contributed by atoms with Gasteiger partial charge in [0.15, 0.2) is 0 Å². The van der Waals surface area contributed by atoms with Crippen LogP contribution in [0.3, 0.4) is 0 Å². The lowest BCUT2D eigenvalue weighted by molar-refractivity contribution is 0.621.